The van der Waals surface area contributed by atoms with Gasteiger partial charge in [0, 0.05) is 23.2 Å². The minimum absolute atomic E-state index is 0.120. The highest BCUT2D eigenvalue weighted by atomic mass is 35.5. The predicted molar refractivity (Wildman–Crippen MR) is 100 cm³/mol. The van der Waals surface area contributed by atoms with E-state index in [0.29, 0.717) is 16.3 Å². The van der Waals surface area contributed by atoms with Crippen molar-refractivity contribution < 1.29 is 19.1 Å². The van der Waals surface area contributed by atoms with Crippen molar-refractivity contribution in [1.82, 2.24) is 4.90 Å². The van der Waals surface area contributed by atoms with E-state index in [4.69, 9.17) is 21.1 Å². The van der Waals surface area contributed by atoms with E-state index in [9.17, 15) is 9.59 Å². The number of rotatable bonds is 4. The van der Waals surface area contributed by atoms with Gasteiger partial charge >= 0.3 is 5.97 Å². The number of piperidine rings is 1. The zero-order valence-electron chi connectivity index (χ0n) is 15.2. The van der Waals surface area contributed by atoms with Gasteiger partial charge in [-0.15, -0.1) is 0 Å². The molecular weight excluding hydrogens is 354 g/mol. The number of ether oxygens (including phenoxy) is 2. The monoisotopic (exact) mass is 377 g/mol. The fourth-order valence-corrected chi connectivity index (χ4v) is 3.68. The van der Waals surface area contributed by atoms with E-state index in [0.717, 1.165) is 37.8 Å². The summed E-state index contributed by atoms with van der Waals surface area (Å²) in [6, 6.07) is 5.48. The molecule has 140 valence electrons. The second-order valence-electron chi connectivity index (χ2n) is 6.78. The Morgan fingerprint density at radius 2 is 2.19 bits per heavy atom. The number of fused-ring (bicyclic) bond motifs is 1. The molecule has 3 rings (SSSR count). The lowest BCUT2D eigenvalue weighted by Gasteiger charge is -2.36. The van der Waals surface area contributed by atoms with Crippen LogP contribution in [0.3, 0.4) is 0 Å². The number of likely N-dealkylation sites (tertiary alicyclic amines) is 1. The van der Waals surface area contributed by atoms with E-state index < -0.39 is 12.1 Å². The van der Waals surface area contributed by atoms with Gasteiger partial charge in [-0.05, 0) is 56.9 Å². The number of carbonyl (C=O) groups is 2. The van der Waals surface area contributed by atoms with Crippen molar-refractivity contribution >= 4 is 29.6 Å². The van der Waals surface area contributed by atoms with Crippen LogP contribution in [-0.2, 0) is 14.3 Å². The Morgan fingerprint density at radius 1 is 1.38 bits per heavy atom. The van der Waals surface area contributed by atoms with E-state index in [2.05, 4.69) is 6.92 Å². The quantitative estimate of drug-likeness (QED) is 0.748. The molecule has 2 atom stereocenters. The molecule has 0 radical (unpaired) electrons. The Labute approximate surface area is 158 Å². The van der Waals surface area contributed by atoms with Crippen molar-refractivity contribution in [3.05, 3.63) is 34.4 Å². The predicted octanol–water partition coefficient (Wildman–Crippen LogP) is 3.84. The number of esters is 1. The average Bonchev–Trinajstić information content (AvgIpc) is 2.66. The number of benzene rings is 1. The van der Waals surface area contributed by atoms with Crippen LogP contribution in [0, 0.1) is 0 Å². The molecule has 2 unspecified atom stereocenters. The summed E-state index contributed by atoms with van der Waals surface area (Å²) in [5.74, 6) is 0.0291. The maximum absolute atomic E-state index is 12.7. The van der Waals surface area contributed by atoms with E-state index >= 15 is 0 Å². The van der Waals surface area contributed by atoms with Gasteiger partial charge in [-0.2, -0.15) is 0 Å². The van der Waals surface area contributed by atoms with Crippen LogP contribution in [0.5, 0.6) is 5.75 Å². The average molecular weight is 378 g/mol. The first-order valence-electron chi connectivity index (χ1n) is 9.14. The summed E-state index contributed by atoms with van der Waals surface area (Å²) in [6.07, 6.45) is 4.97. The molecule has 1 aromatic rings. The molecule has 1 saturated heterocycles. The minimum atomic E-state index is -0.809. The first-order chi connectivity index (χ1) is 12.5. The Hall–Kier alpha value is -2.01. The molecule has 5 nitrogen and oxygen atoms in total. The number of nitrogens with zero attached hydrogens (tertiary/aromatic N) is 1. The van der Waals surface area contributed by atoms with E-state index in [-0.39, 0.29) is 18.6 Å². The molecule has 0 aromatic heterocycles. The van der Waals surface area contributed by atoms with Crippen LogP contribution in [0.25, 0.3) is 6.08 Å². The minimum Gasteiger partial charge on any atom is -0.488 e. The molecule has 2 aliphatic rings. The molecule has 2 heterocycles. The van der Waals surface area contributed by atoms with Gasteiger partial charge in [0.05, 0.1) is 5.57 Å². The lowest BCUT2D eigenvalue weighted by atomic mass is 9.99. The second-order valence-corrected chi connectivity index (χ2v) is 7.21. The second kappa shape index (κ2) is 8.12. The molecule has 26 heavy (non-hydrogen) atoms. The van der Waals surface area contributed by atoms with Crippen molar-refractivity contribution in [3.63, 3.8) is 0 Å². The molecule has 1 fully saturated rings. The van der Waals surface area contributed by atoms with E-state index in [1.807, 2.05) is 4.90 Å². The van der Waals surface area contributed by atoms with Crippen molar-refractivity contribution in [2.45, 2.75) is 51.7 Å². The topological polar surface area (TPSA) is 55.8 Å². The zero-order valence-corrected chi connectivity index (χ0v) is 15.9. The molecule has 0 saturated carbocycles. The van der Waals surface area contributed by atoms with Crippen LogP contribution in [0.1, 0.15) is 45.1 Å². The van der Waals surface area contributed by atoms with Gasteiger partial charge in [0.1, 0.15) is 12.4 Å². The Kier molecular flexibility index (Phi) is 5.87. The van der Waals surface area contributed by atoms with Crippen molar-refractivity contribution in [2.75, 3.05) is 13.2 Å². The summed E-state index contributed by atoms with van der Waals surface area (Å²) in [7, 11) is 0. The highest BCUT2D eigenvalue weighted by molar-refractivity contribution is 6.30. The summed E-state index contributed by atoms with van der Waals surface area (Å²) in [4.78, 5) is 27.0. The van der Waals surface area contributed by atoms with Crippen LogP contribution in [0.15, 0.2) is 23.8 Å². The van der Waals surface area contributed by atoms with Crippen molar-refractivity contribution in [3.8, 4) is 5.75 Å². The number of hydrogen-bond acceptors (Lipinski definition) is 4. The third-order valence-corrected chi connectivity index (χ3v) is 5.20. The van der Waals surface area contributed by atoms with Gasteiger partial charge in [0.15, 0.2) is 6.10 Å². The molecule has 0 aliphatic carbocycles. The molecule has 1 amide bonds. The van der Waals surface area contributed by atoms with Gasteiger partial charge in [-0.1, -0.05) is 18.5 Å². The van der Waals surface area contributed by atoms with Crippen molar-refractivity contribution in [2.24, 2.45) is 0 Å². The normalized spacial score (nSPS) is 20.5. The van der Waals surface area contributed by atoms with Gasteiger partial charge in [0.25, 0.3) is 5.91 Å². The summed E-state index contributed by atoms with van der Waals surface area (Å²) >= 11 is 5.99. The molecule has 0 N–H and O–H groups in total. The standard InChI is InChI=1S/C20H24ClNO4/c1-3-17-6-4-5-9-22(17)19(23)13(2)26-20(24)15-10-14-11-16(21)7-8-18(14)25-12-15/h7-8,10-11,13,17H,3-6,9,12H2,1-2H3. The summed E-state index contributed by atoms with van der Waals surface area (Å²) in [6.45, 7) is 4.57. The van der Waals surface area contributed by atoms with Crippen LogP contribution in [0.2, 0.25) is 5.02 Å². The van der Waals surface area contributed by atoms with Crippen molar-refractivity contribution in [1.29, 1.82) is 0 Å². The lowest BCUT2D eigenvalue weighted by molar-refractivity contribution is -0.158. The maximum Gasteiger partial charge on any atom is 0.338 e. The van der Waals surface area contributed by atoms with Crippen LogP contribution in [-0.4, -0.2) is 42.1 Å². The Balaban J connectivity index is 1.66. The highest BCUT2D eigenvalue weighted by Gasteiger charge is 2.31. The van der Waals surface area contributed by atoms with Crippen LogP contribution in [0.4, 0.5) is 0 Å². The third kappa shape index (κ3) is 4.04. The van der Waals surface area contributed by atoms with Gasteiger partial charge < -0.3 is 14.4 Å². The van der Waals surface area contributed by atoms with Gasteiger partial charge in [-0.25, -0.2) is 4.79 Å². The summed E-state index contributed by atoms with van der Waals surface area (Å²) in [5, 5.41) is 0.567. The lowest BCUT2D eigenvalue weighted by Crippen LogP contribution is -2.48. The maximum atomic E-state index is 12.7. The molecule has 1 aromatic carbocycles. The molecule has 2 aliphatic heterocycles. The SMILES string of the molecule is CCC1CCCCN1C(=O)C(C)OC(=O)C1=Cc2cc(Cl)ccc2OC1. The number of hydrogen-bond donors (Lipinski definition) is 0. The summed E-state index contributed by atoms with van der Waals surface area (Å²) < 4.78 is 11.0. The Morgan fingerprint density at radius 3 is 2.96 bits per heavy atom. The smallest absolute Gasteiger partial charge is 0.338 e. The van der Waals surface area contributed by atoms with Crippen LogP contribution >= 0.6 is 11.6 Å². The molecular formula is C20H24ClNO4. The first kappa shape index (κ1) is 18.8. The number of amides is 1. The largest absolute Gasteiger partial charge is 0.488 e. The Bertz CT molecular complexity index is 731. The number of halogens is 1. The van der Waals surface area contributed by atoms with Gasteiger partial charge in [0.2, 0.25) is 0 Å². The highest BCUT2D eigenvalue weighted by Crippen LogP contribution is 2.29. The van der Waals surface area contributed by atoms with E-state index in [1.54, 1.807) is 31.2 Å². The number of carbonyl (C=O) groups excluding carboxylic acids is 2. The fourth-order valence-electron chi connectivity index (χ4n) is 3.50. The molecule has 6 heteroatoms. The fraction of sp³-hybridized carbons (Fsp3) is 0.500. The van der Waals surface area contributed by atoms with E-state index in [1.165, 1.54) is 0 Å². The molecule has 0 bridgehead atoms. The first-order valence-corrected chi connectivity index (χ1v) is 9.51. The summed E-state index contributed by atoms with van der Waals surface area (Å²) in [5.41, 5.74) is 1.11. The third-order valence-electron chi connectivity index (χ3n) is 4.96. The van der Waals surface area contributed by atoms with Crippen LogP contribution < -0.4 is 4.74 Å². The zero-order chi connectivity index (χ0) is 18.7. The molecule has 0 spiro atoms. The van der Waals surface area contributed by atoms with Gasteiger partial charge in [-0.3, -0.25) is 4.79 Å².